The molecule has 0 aliphatic carbocycles. The second kappa shape index (κ2) is 7.37. The third-order valence-corrected chi connectivity index (χ3v) is 3.36. The van der Waals surface area contributed by atoms with Gasteiger partial charge in [0.05, 0.1) is 7.11 Å². The summed E-state index contributed by atoms with van der Waals surface area (Å²) in [5.41, 5.74) is 0.718. The lowest BCUT2D eigenvalue weighted by molar-refractivity contribution is 0.0992. The Bertz CT molecular complexity index is 794. The summed E-state index contributed by atoms with van der Waals surface area (Å²) in [6.07, 6.45) is 0. The number of carbonyl (C=O) groups is 1. The molecule has 1 heterocycles. The third-order valence-electron chi connectivity index (χ3n) is 3.36. The molecular weight excluding hydrogens is 306 g/mol. The molecule has 5 heteroatoms. The molecule has 0 unspecified atom stereocenters. The number of methoxy groups -OCH3 is 1. The summed E-state index contributed by atoms with van der Waals surface area (Å²) >= 11 is 0. The van der Waals surface area contributed by atoms with Crippen LogP contribution in [0, 0.1) is 0 Å². The summed E-state index contributed by atoms with van der Waals surface area (Å²) in [5, 5.41) is 2.77. The van der Waals surface area contributed by atoms with Gasteiger partial charge in [-0.3, -0.25) is 4.79 Å². The molecule has 0 bridgehead atoms. The molecule has 0 saturated heterocycles. The van der Waals surface area contributed by atoms with Crippen molar-refractivity contribution >= 4 is 11.6 Å². The summed E-state index contributed by atoms with van der Waals surface area (Å²) in [7, 11) is 1.61. The van der Waals surface area contributed by atoms with Crippen LogP contribution in [0.15, 0.2) is 71.1 Å². The first-order valence-corrected chi connectivity index (χ1v) is 7.46. The zero-order valence-electron chi connectivity index (χ0n) is 13.2. The molecule has 0 aliphatic rings. The average molecular weight is 323 g/mol. The van der Waals surface area contributed by atoms with Crippen molar-refractivity contribution in [2.45, 2.75) is 6.61 Å². The maximum Gasteiger partial charge on any atom is 0.291 e. The molecule has 1 amide bonds. The van der Waals surface area contributed by atoms with E-state index in [1.807, 2.05) is 54.6 Å². The topological polar surface area (TPSA) is 60.7 Å². The molecule has 3 rings (SSSR count). The fourth-order valence-corrected chi connectivity index (χ4v) is 2.12. The standard InChI is InChI=1S/C19H17NO4/c1-22-15-7-9-16(10-8-15)23-13-17-11-12-18(24-17)19(21)20-14-5-3-2-4-6-14/h2-12H,13H2,1H3,(H,20,21). The molecule has 24 heavy (non-hydrogen) atoms. The lowest BCUT2D eigenvalue weighted by Crippen LogP contribution is -2.10. The monoisotopic (exact) mass is 323 g/mol. The number of amides is 1. The van der Waals surface area contributed by atoms with Gasteiger partial charge in [0.1, 0.15) is 23.9 Å². The molecule has 0 spiro atoms. The lowest BCUT2D eigenvalue weighted by Gasteiger charge is -2.05. The van der Waals surface area contributed by atoms with Crippen LogP contribution in [0.5, 0.6) is 11.5 Å². The first-order chi connectivity index (χ1) is 11.7. The number of furan rings is 1. The molecule has 122 valence electrons. The van der Waals surface area contributed by atoms with E-state index in [9.17, 15) is 4.79 Å². The molecular formula is C19H17NO4. The second-order valence-electron chi connectivity index (χ2n) is 5.05. The van der Waals surface area contributed by atoms with Crippen LogP contribution >= 0.6 is 0 Å². The first-order valence-electron chi connectivity index (χ1n) is 7.46. The lowest BCUT2D eigenvalue weighted by atomic mass is 10.3. The Hall–Kier alpha value is -3.21. The van der Waals surface area contributed by atoms with E-state index in [-0.39, 0.29) is 18.3 Å². The van der Waals surface area contributed by atoms with Gasteiger partial charge in [0.25, 0.3) is 5.91 Å². The molecule has 2 aromatic carbocycles. The van der Waals surface area contributed by atoms with Crippen LogP contribution in [0.25, 0.3) is 0 Å². The van der Waals surface area contributed by atoms with Crippen molar-refractivity contribution < 1.29 is 18.7 Å². The van der Waals surface area contributed by atoms with E-state index in [0.29, 0.717) is 11.5 Å². The number of benzene rings is 2. The smallest absolute Gasteiger partial charge is 0.291 e. The molecule has 3 aromatic rings. The molecule has 0 saturated carbocycles. The predicted molar refractivity (Wildman–Crippen MR) is 90.4 cm³/mol. The van der Waals surface area contributed by atoms with Gasteiger partial charge in [-0.2, -0.15) is 0 Å². The summed E-state index contributed by atoms with van der Waals surface area (Å²) < 4.78 is 16.2. The van der Waals surface area contributed by atoms with Crippen LogP contribution in [0.3, 0.4) is 0 Å². The van der Waals surface area contributed by atoms with Gasteiger partial charge in [-0.25, -0.2) is 0 Å². The fraction of sp³-hybridized carbons (Fsp3) is 0.105. The number of rotatable bonds is 6. The van der Waals surface area contributed by atoms with Crippen molar-refractivity contribution in [1.29, 1.82) is 0 Å². The zero-order valence-corrected chi connectivity index (χ0v) is 13.2. The molecule has 0 aliphatic heterocycles. The SMILES string of the molecule is COc1ccc(OCc2ccc(C(=O)Nc3ccccc3)o2)cc1. The Morgan fingerprint density at radius 2 is 1.67 bits per heavy atom. The molecule has 0 fully saturated rings. The number of carbonyl (C=O) groups excluding carboxylic acids is 1. The zero-order chi connectivity index (χ0) is 16.8. The number of nitrogens with one attached hydrogen (secondary N) is 1. The van der Waals surface area contributed by atoms with Gasteiger partial charge in [-0.1, -0.05) is 18.2 Å². The Morgan fingerprint density at radius 3 is 2.38 bits per heavy atom. The van der Waals surface area contributed by atoms with E-state index in [2.05, 4.69) is 5.32 Å². The van der Waals surface area contributed by atoms with Crippen LogP contribution in [0.1, 0.15) is 16.3 Å². The van der Waals surface area contributed by atoms with Crippen molar-refractivity contribution in [2.75, 3.05) is 12.4 Å². The highest BCUT2D eigenvalue weighted by atomic mass is 16.5. The Kier molecular flexibility index (Phi) is 4.81. The van der Waals surface area contributed by atoms with Crippen molar-refractivity contribution in [1.82, 2.24) is 0 Å². The minimum absolute atomic E-state index is 0.241. The minimum atomic E-state index is -0.295. The molecule has 1 N–H and O–H groups in total. The minimum Gasteiger partial charge on any atom is -0.497 e. The van der Waals surface area contributed by atoms with E-state index in [1.165, 1.54) is 0 Å². The normalized spacial score (nSPS) is 10.2. The molecule has 0 atom stereocenters. The number of hydrogen-bond donors (Lipinski definition) is 1. The van der Waals surface area contributed by atoms with Gasteiger partial charge in [0.15, 0.2) is 5.76 Å². The van der Waals surface area contributed by atoms with Gasteiger partial charge in [-0.15, -0.1) is 0 Å². The number of para-hydroxylation sites is 1. The van der Waals surface area contributed by atoms with Gasteiger partial charge in [-0.05, 0) is 48.5 Å². The van der Waals surface area contributed by atoms with Crippen LogP contribution in [-0.2, 0) is 6.61 Å². The van der Waals surface area contributed by atoms with Gasteiger partial charge < -0.3 is 19.2 Å². The van der Waals surface area contributed by atoms with Crippen molar-refractivity contribution in [3.05, 3.63) is 78.3 Å². The van der Waals surface area contributed by atoms with Crippen LogP contribution in [0.2, 0.25) is 0 Å². The first kappa shape index (κ1) is 15.7. The molecule has 1 aromatic heterocycles. The van der Waals surface area contributed by atoms with Gasteiger partial charge in [0.2, 0.25) is 0 Å². The van der Waals surface area contributed by atoms with Crippen molar-refractivity contribution in [3.63, 3.8) is 0 Å². The summed E-state index contributed by atoms with van der Waals surface area (Å²) in [4.78, 5) is 12.1. The highest BCUT2D eigenvalue weighted by molar-refractivity contribution is 6.02. The predicted octanol–water partition coefficient (Wildman–Crippen LogP) is 4.12. The summed E-state index contributed by atoms with van der Waals surface area (Å²) in [6, 6.07) is 19.8. The average Bonchev–Trinajstić information content (AvgIpc) is 3.10. The highest BCUT2D eigenvalue weighted by Crippen LogP contribution is 2.19. The Labute approximate surface area is 139 Å². The Morgan fingerprint density at radius 1 is 0.958 bits per heavy atom. The maximum atomic E-state index is 12.1. The van der Waals surface area contributed by atoms with E-state index in [0.717, 1.165) is 11.4 Å². The number of anilines is 1. The summed E-state index contributed by atoms with van der Waals surface area (Å²) in [5.74, 6) is 1.98. The largest absolute Gasteiger partial charge is 0.497 e. The third kappa shape index (κ3) is 3.95. The number of ether oxygens (including phenoxy) is 2. The quantitative estimate of drug-likeness (QED) is 0.741. The van der Waals surface area contributed by atoms with E-state index in [1.54, 1.807) is 19.2 Å². The van der Waals surface area contributed by atoms with Crippen LogP contribution < -0.4 is 14.8 Å². The van der Waals surface area contributed by atoms with Crippen LogP contribution in [0.4, 0.5) is 5.69 Å². The van der Waals surface area contributed by atoms with E-state index >= 15 is 0 Å². The second-order valence-corrected chi connectivity index (χ2v) is 5.05. The van der Waals surface area contributed by atoms with Crippen molar-refractivity contribution in [2.24, 2.45) is 0 Å². The maximum absolute atomic E-state index is 12.1. The van der Waals surface area contributed by atoms with E-state index < -0.39 is 0 Å². The van der Waals surface area contributed by atoms with Crippen LogP contribution in [-0.4, -0.2) is 13.0 Å². The molecule has 5 nitrogen and oxygen atoms in total. The fourth-order valence-electron chi connectivity index (χ4n) is 2.12. The highest BCUT2D eigenvalue weighted by Gasteiger charge is 2.11. The Balaban J connectivity index is 1.57. The summed E-state index contributed by atoms with van der Waals surface area (Å²) in [6.45, 7) is 0.241. The van der Waals surface area contributed by atoms with Gasteiger partial charge >= 0.3 is 0 Å². The van der Waals surface area contributed by atoms with Gasteiger partial charge in [0, 0.05) is 5.69 Å². The van der Waals surface area contributed by atoms with E-state index in [4.69, 9.17) is 13.9 Å². The van der Waals surface area contributed by atoms with Crippen molar-refractivity contribution in [3.8, 4) is 11.5 Å². The number of hydrogen-bond acceptors (Lipinski definition) is 4. The molecule has 0 radical (unpaired) electrons.